The van der Waals surface area contributed by atoms with E-state index >= 15 is 0 Å². The number of aliphatic carboxylic acids is 1. The number of hydrogen-bond acceptors (Lipinski definition) is 3. The molecule has 4 aliphatic rings. The van der Waals surface area contributed by atoms with Gasteiger partial charge >= 0.3 is 5.97 Å². The molecule has 7 atom stereocenters. The minimum atomic E-state index is -0.677. The molecule has 0 saturated heterocycles. The van der Waals surface area contributed by atoms with Gasteiger partial charge in [0.05, 0.1) is 11.9 Å². The molecule has 4 heteroatoms. The third-order valence-corrected chi connectivity index (χ3v) is 9.99. The van der Waals surface area contributed by atoms with Gasteiger partial charge in [0.2, 0.25) is 0 Å². The fraction of sp³-hybridized carbons (Fsp3) is 0.857. The van der Waals surface area contributed by atoms with Crippen molar-refractivity contribution in [2.45, 2.75) is 76.6 Å². The highest BCUT2D eigenvalue weighted by atomic mass is 32.2. The second-order valence-corrected chi connectivity index (χ2v) is 10.7. The Morgan fingerprint density at radius 1 is 1.20 bits per heavy atom. The van der Waals surface area contributed by atoms with Gasteiger partial charge in [-0.25, -0.2) is 0 Å². The highest BCUT2D eigenvalue weighted by Gasteiger charge is 2.58. The van der Waals surface area contributed by atoms with Crippen molar-refractivity contribution in [3.63, 3.8) is 0 Å². The SMILES string of the molecule is CC12CCC(O)CC1=CCC1C2CCC2(C)C(SCC(=O)O)CCC12. The van der Waals surface area contributed by atoms with E-state index < -0.39 is 5.97 Å². The Kier molecular flexibility index (Phi) is 4.51. The molecular formula is C21H32O3S. The summed E-state index contributed by atoms with van der Waals surface area (Å²) in [5.41, 5.74) is 2.15. The van der Waals surface area contributed by atoms with Crippen molar-refractivity contribution >= 4 is 17.7 Å². The fourth-order valence-corrected chi connectivity index (χ4v) is 8.36. The highest BCUT2D eigenvalue weighted by Crippen LogP contribution is 2.66. The largest absolute Gasteiger partial charge is 0.481 e. The lowest BCUT2D eigenvalue weighted by molar-refractivity contribution is -0.133. The maximum Gasteiger partial charge on any atom is 0.313 e. The Bertz CT molecular complexity index is 588. The van der Waals surface area contributed by atoms with E-state index in [4.69, 9.17) is 5.11 Å². The molecule has 7 unspecified atom stereocenters. The zero-order valence-electron chi connectivity index (χ0n) is 15.5. The third-order valence-electron chi connectivity index (χ3n) is 8.40. The third kappa shape index (κ3) is 2.79. The molecule has 4 rings (SSSR count). The number of thioether (sulfide) groups is 1. The summed E-state index contributed by atoms with van der Waals surface area (Å²) in [5, 5.41) is 19.7. The predicted octanol–water partition coefficient (Wildman–Crippen LogP) is 4.50. The van der Waals surface area contributed by atoms with Crippen molar-refractivity contribution in [3.05, 3.63) is 11.6 Å². The highest BCUT2D eigenvalue weighted by molar-refractivity contribution is 8.00. The van der Waals surface area contributed by atoms with E-state index in [0.29, 0.717) is 16.1 Å². The van der Waals surface area contributed by atoms with Gasteiger partial charge in [-0.05, 0) is 80.0 Å². The van der Waals surface area contributed by atoms with Gasteiger partial charge in [0.15, 0.2) is 0 Å². The first kappa shape index (κ1) is 17.9. The molecule has 3 nitrogen and oxygen atoms in total. The molecule has 0 radical (unpaired) electrons. The number of allylic oxidation sites excluding steroid dienone is 1. The van der Waals surface area contributed by atoms with Gasteiger partial charge in [0.25, 0.3) is 0 Å². The minimum Gasteiger partial charge on any atom is -0.481 e. The second kappa shape index (κ2) is 6.30. The van der Waals surface area contributed by atoms with Crippen molar-refractivity contribution in [1.82, 2.24) is 0 Å². The molecule has 0 spiro atoms. The average Bonchev–Trinajstić information content (AvgIpc) is 2.90. The molecule has 0 amide bonds. The van der Waals surface area contributed by atoms with Crippen molar-refractivity contribution < 1.29 is 15.0 Å². The summed E-state index contributed by atoms with van der Waals surface area (Å²) in [6.45, 7) is 4.92. The average molecular weight is 365 g/mol. The Hall–Kier alpha value is -0.480. The lowest BCUT2D eigenvalue weighted by atomic mass is 9.48. The molecule has 0 bridgehead atoms. The molecule has 4 aliphatic carbocycles. The summed E-state index contributed by atoms with van der Waals surface area (Å²) in [6, 6.07) is 0. The van der Waals surface area contributed by atoms with Crippen molar-refractivity contribution in [2.75, 3.05) is 5.75 Å². The standard InChI is InChI=1S/C21H32O3S/c1-20-9-7-14(22)11-13(20)3-4-15-16-5-6-18(25-12-19(23)24)21(16,2)10-8-17(15)20/h3,14-18,22H,4-12H2,1-2H3,(H,23,24). The monoisotopic (exact) mass is 364 g/mol. The minimum absolute atomic E-state index is 0.131. The van der Waals surface area contributed by atoms with E-state index in [2.05, 4.69) is 19.9 Å². The van der Waals surface area contributed by atoms with Gasteiger partial charge in [0.1, 0.15) is 0 Å². The molecule has 2 N–H and O–H groups in total. The normalized spacial score (nSPS) is 48.9. The summed E-state index contributed by atoms with van der Waals surface area (Å²) in [4.78, 5) is 11.0. The van der Waals surface area contributed by atoms with Crippen LogP contribution in [0, 0.1) is 28.6 Å². The van der Waals surface area contributed by atoms with Gasteiger partial charge in [0, 0.05) is 5.25 Å². The van der Waals surface area contributed by atoms with Crippen LogP contribution in [-0.4, -0.2) is 33.3 Å². The Balaban J connectivity index is 1.56. The van der Waals surface area contributed by atoms with E-state index in [1.165, 1.54) is 37.7 Å². The first-order chi connectivity index (χ1) is 11.8. The number of fused-ring (bicyclic) bond motifs is 5. The first-order valence-corrected chi connectivity index (χ1v) is 11.1. The second-order valence-electron chi connectivity index (χ2n) is 9.47. The zero-order chi connectivity index (χ0) is 17.8. The predicted molar refractivity (Wildman–Crippen MR) is 102 cm³/mol. The van der Waals surface area contributed by atoms with Crippen LogP contribution in [0.25, 0.3) is 0 Å². The Morgan fingerprint density at radius 2 is 2.00 bits per heavy atom. The fourth-order valence-electron chi connectivity index (χ4n) is 7.04. The van der Waals surface area contributed by atoms with Gasteiger partial charge in [-0.15, -0.1) is 11.8 Å². The van der Waals surface area contributed by atoms with Gasteiger partial charge in [-0.3, -0.25) is 4.79 Å². The number of carboxylic acid groups (broad SMARTS) is 1. The summed E-state index contributed by atoms with van der Waals surface area (Å²) in [5.74, 6) is 1.85. The van der Waals surface area contributed by atoms with E-state index in [-0.39, 0.29) is 11.9 Å². The number of carboxylic acids is 1. The van der Waals surface area contributed by atoms with Crippen LogP contribution in [0.1, 0.15) is 65.2 Å². The maximum absolute atomic E-state index is 11.0. The Labute approximate surface area is 155 Å². The maximum atomic E-state index is 11.0. The molecule has 140 valence electrons. The summed E-state index contributed by atoms with van der Waals surface area (Å²) in [6.07, 6.45) is 11.5. The number of aliphatic hydroxyl groups excluding tert-OH is 1. The number of aliphatic hydroxyl groups is 1. The van der Waals surface area contributed by atoms with Crippen LogP contribution < -0.4 is 0 Å². The summed E-state index contributed by atoms with van der Waals surface area (Å²) >= 11 is 1.69. The molecule has 0 aromatic heterocycles. The van der Waals surface area contributed by atoms with Gasteiger partial charge < -0.3 is 10.2 Å². The first-order valence-electron chi connectivity index (χ1n) is 10.1. The van der Waals surface area contributed by atoms with Gasteiger partial charge in [-0.1, -0.05) is 25.5 Å². The smallest absolute Gasteiger partial charge is 0.313 e. The van der Waals surface area contributed by atoms with Gasteiger partial charge in [-0.2, -0.15) is 0 Å². The molecule has 3 saturated carbocycles. The molecule has 0 aliphatic heterocycles. The van der Waals surface area contributed by atoms with Crippen molar-refractivity contribution in [1.29, 1.82) is 0 Å². The quantitative estimate of drug-likeness (QED) is 0.724. The topological polar surface area (TPSA) is 57.5 Å². The van der Waals surface area contributed by atoms with Crippen LogP contribution in [0.3, 0.4) is 0 Å². The van der Waals surface area contributed by atoms with Crippen LogP contribution >= 0.6 is 11.8 Å². The van der Waals surface area contributed by atoms with Crippen molar-refractivity contribution in [2.24, 2.45) is 28.6 Å². The molecule has 0 aromatic rings. The number of hydrogen-bond donors (Lipinski definition) is 2. The van der Waals surface area contributed by atoms with Crippen LogP contribution in [0.15, 0.2) is 11.6 Å². The van der Waals surface area contributed by atoms with Crippen molar-refractivity contribution in [3.8, 4) is 0 Å². The van der Waals surface area contributed by atoms with E-state index in [0.717, 1.165) is 37.0 Å². The Morgan fingerprint density at radius 3 is 2.76 bits per heavy atom. The summed E-state index contributed by atoms with van der Waals surface area (Å²) in [7, 11) is 0. The number of carbonyl (C=O) groups is 1. The van der Waals surface area contributed by atoms with Crippen LogP contribution in [-0.2, 0) is 4.79 Å². The lowest BCUT2D eigenvalue weighted by Gasteiger charge is -2.58. The van der Waals surface area contributed by atoms with Crippen LogP contribution in [0.4, 0.5) is 0 Å². The van der Waals surface area contributed by atoms with E-state index in [1.807, 2.05) is 0 Å². The lowest BCUT2D eigenvalue weighted by Crippen LogP contribution is -2.50. The molecule has 0 heterocycles. The van der Waals surface area contributed by atoms with E-state index in [1.54, 1.807) is 11.8 Å². The molecule has 25 heavy (non-hydrogen) atoms. The zero-order valence-corrected chi connectivity index (χ0v) is 16.4. The van der Waals surface area contributed by atoms with Crippen LogP contribution in [0.2, 0.25) is 0 Å². The molecule has 0 aromatic carbocycles. The van der Waals surface area contributed by atoms with Crippen LogP contribution in [0.5, 0.6) is 0 Å². The van der Waals surface area contributed by atoms with E-state index in [9.17, 15) is 9.90 Å². The summed E-state index contributed by atoms with van der Waals surface area (Å²) < 4.78 is 0. The molecular weight excluding hydrogens is 332 g/mol. The number of rotatable bonds is 3. The molecule has 3 fully saturated rings.